The van der Waals surface area contributed by atoms with Crippen molar-refractivity contribution in [3.05, 3.63) is 0 Å². The van der Waals surface area contributed by atoms with Crippen LogP contribution in [0.5, 0.6) is 0 Å². The molecule has 0 aromatic rings. The van der Waals surface area contributed by atoms with Crippen LogP contribution in [0, 0.1) is 0 Å². The number of hydrogen-bond acceptors (Lipinski definition) is 4. The summed E-state index contributed by atoms with van der Waals surface area (Å²) < 4.78 is 0. The Bertz CT molecular complexity index is 162. The van der Waals surface area contributed by atoms with Crippen LogP contribution < -0.4 is 10.9 Å². The van der Waals surface area contributed by atoms with Crippen LogP contribution in [-0.2, 0) is 9.59 Å². The molecule has 0 aromatic heterocycles. The molecule has 0 radical (unpaired) electrons. The van der Waals surface area contributed by atoms with Gasteiger partial charge in [0.2, 0.25) is 0 Å². The van der Waals surface area contributed by atoms with E-state index in [-0.39, 0.29) is 11.8 Å². The van der Waals surface area contributed by atoms with Crippen LogP contribution in [0.25, 0.3) is 0 Å². The molecular weight excluding hydrogens is 196 g/mol. The summed E-state index contributed by atoms with van der Waals surface area (Å²) in [4.78, 5) is 21.7. The molecule has 0 aliphatic rings. The SMILES string of the molecule is CC(S)C(=O)NNC(=O)C(C)S. The molecule has 0 spiro atoms. The summed E-state index contributed by atoms with van der Waals surface area (Å²) in [6, 6.07) is 0. The fourth-order valence-electron chi connectivity index (χ4n) is 0.332. The first-order valence-corrected chi connectivity index (χ1v) is 4.44. The van der Waals surface area contributed by atoms with Crippen LogP contribution in [0.15, 0.2) is 0 Å². The molecule has 0 aliphatic heterocycles. The highest BCUT2D eigenvalue weighted by atomic mass is 32.1. The molecule has 0 rings (SSSR count). The third-order valence-electron chi connectivity index (χ3n) is 1.07. The van der Waals surface area contributed by atoms with Gasteiger partial charge in [-0.2, -0.15) is 25.3 Å². The first-order valence-electron chi connectivity index (χ1n) is 3.41. The molecule has 6 heteroatoms. The van der Waals surface area contributed by atoms with Crippen LogP contribution in [-0.4, -0.2) is 22.3 Å². The normalized spacial score (nSPS) is 14.7. The van der Waals surface area contributed by atoms with E-state index in [1.54, 1.807) is 13.8 Å². The van der Waals surface area contributed by atoms with E-state index in [1.165, 1.54) is 0 Å². The number of amides is 2. The van der Waals surface area contributed by atoms with Gasteiger partial charge in [-0.25, -0.2) is 0 Å². The molecule has 0 saturated heterocycles. The molecular formula is C6H12N2O2S2. The number of hydrogen-bond donors (Lipinski definition) is 4. The maximum Gasteiger partial charge on any atom is 0.250 e. The first-order chi connectivity index (χ1) is 5.45. The fraction of sp³-hybridized carbons (Fsp3) is 0.667. The van der Waals surface area contributed by atoms with Gasteiger partial charge in [0.15, 0.2) is 0 Å². The van der Waals surface area contributed by atoms with E-state index in [9.17, 15) is 9.59 Å². The average molecular weight is 208 g/mol. The van der Waals surface area contributed by atoms with Gasteiger partial charge in [0.1, 0.15) is 0 Å². The molecule has 0 bridgehead atoms. The van der Waals surface area contributed by atoms with E-state index in [0.717, 1.165) is 0 Å². The maximum atomic E-state index is 10.8. The predicted molar refractivity (Wildman–Crippen MR) is 53.2 cm³/mol. The molecule has 4 nitrogen and oxygen atoms in total. The molecule has 12 heavy (non-hydrogen) atoms. The standard InChI is InChI=1S/C6H12N2O2S2/c1-3(11)5(9)7-8-6(10)4(2)12/h3-4,11-12H,1-2H3,(H,7,9)(H,8,10). The summed E-state index contributed by atoms with van der Waals surface area (Å²) >= 11 is 7.73. The van der Waals surface area contributed by atoms with Gasteiger partial charge in [0.05, 0.1) is 10.5 Å². The van der Waals surface area contributed by atoms with Crippen molar-refractivity contribution in [3.8, 4) is 0 Å². The minimum absolute atomic E-state index is 0.347. The zero-order chi connectivity index (χ0) is 9.72. The molecule has 2 atom stereocenters. The number of nitrogens with one attached hydrogen (secondary N) is 2. The van der Waals surface area contributed by atoms with Crippen molar-refractivity contribution in [1.82, 2.24) is 10.9 Å². The largest absolute Gasteiger partial charge is 0.272 e. The van der Waals surface area contributed by atoms with Gasteiger partial charge in [0, 0.05) is 0 Å². The highest BCUT2D eigenvalue weighted by molar-refractivity contribution is 7.82. The molecule has 70 valence electrons. The van der Waals surface area contributed by atoms with Crippen molar-refractivity contribution < 1.29 is 9.59 Å². The lowest BCUT2D eigenvalue weighted by Crippen LogP contribution is -2.46. The van der Waals surface area contributed by atoms with E-state index < -0.39 is 10.5 Å². The van der Waals surface area contributed by atoms with Gasteiger partial charge in [-0.3, -0.25) is 20.4 Å². The summed E-state index contributed by atoms with van der Waals surface area (Å²) in [5, 5.41) is -0.888. The number of rotatable bonds is 2. The number of carbonyl (C=O) groups excluding carboxylic acids is 2. The average Bonchev–Trinajstić information content (AvgIpc) is 1.98. The monoisotopic (exact) mass is 208 g/mol. The minimum Gasteiger partial charge on any atom is -0.272 e. The molecule has 2 unspecified atom stereocenters. The molecule has 0 aromatic carbocycles. The van der Waals surface area contributed by atoms with E-state index >= 15 is 0 Å². The predicted octanol–water partition coefficient (Wildman–Crippen LogP) is -0.230. The van der Waals surface area contributed by atoms with Gasteiger partial charge in [0.25, 0.3) is 11.8 Å². The Hall–Kier alpha value is -0.360. The van der Waals surface area contributed by atoms with Crippen LogP contribution in [0.3, 0.4) is 0 Å². The van der Waals surface area contributed by atoms with Crippen molar-refractivity contribution in [1.29, 1.82) is 0 Å². The van der Waals surface area contributed by atoms with Crippen LogP contribution in [0.2, 0.25) is 0 Å². The molecule has 2 N–H and O–H groups in total. The summed E-state index contributed by atoms with van der Waals surface area (Å²) in [5.74, 6) is -0.693. The van der Waals surface area contributed by atoms with Crippen molar-refractivity contribution in [2.45, 2.75) is 24.3 Å². The second-order valence-corrected chi connectivity index (χ2v) is 3.88. The lowest BCUT2D eigenvalue weighted by Gasteiger charge is -2.09. The second kappa shape index (κ2) is 5.31. The van der Waals surface area contributed by atoms with E-state index in [1.807, 2.05) is 0 Å². The summed E-state index contributed by atoms with van der Waals surface area (Å²) in [6.45, 7) is 3.21. The quantitative estimate of drug-likeness (QED) is 0.374. The Kier molecular flexibility index (Phi) is 5.16. The Morgan fingerprint density at radius 3 is 1.42 bits per heavy atom. The lowest BCUT2D eigenvalue weighted by molar-refractivity contribution is -0.128. The minimum atomic E-state index is -0.444. The number of hydrazine groups is 1. The molecule has 0 aliphatic carbocycles. The zero-order valence-electron chi connectivity index (χ0n) is 6.87. The maximum absolute atomic E-state index is 10.8. The van der Waals surface area contributed by atoms with E-state index in [4.69, 9.17) is 0 Å². The van der Waals surface area contributed by atoms with Crippen LogP contribution >= 0.6 is 25.3 Å². The van der Waals surface area contributed by atoms with Crippen molar-refractivity contribution in [2.75, 3.05) is 0 Å². The summed E-state index contributed by atoms with van der Waals surface area (Å²) in [5.41, 5.74) is 4.40. The first kappa shape index (κ1) is 11.6. The van der Waals surface area contributed by atoms with Crippen LogP contribution in [0.1, 0.15) is 13.8 Å². The van der Waals surface area contributed by atoms with Crippen molar-refractivity contribution in [2.24, 2.45) is 0 Å². The van der Waals surface area contributed by atoms with E-state index in [2.05, 4.69) is 36.1 Å². The lowest BCUT2D eigenvalue weighted by atomic mass is 10.4. The highest BCUT2D eigenvalue weighted by Gasteiger charge is 2.10. The van der Waals surface area contributed by atoms with Gasteiger partial charge in [-0.05, 0) is 13.8 Å². The van der Waals surface area contributed by atoms with E-state index in [0.29, 0.717) is 0 Å². The second-order valence-electron chi connectivity index (χ2n) is 2.33. The third-order valence-corrected chi connectivity index (χ3v) is 1.54. The van der Waals surface area contributed by atoms with Crippen molar-refractivity contribution >= 4 is 37.1 Å². The number of thiol groups is 2. The third kappa shape index (κ3) is 4.50. The van der Waals surface area contributed by atoms with Gasteiger partial charge >= 0.3 is 0 Å². The Morgan fingerprint density at radius 1 is 1.00 bits per heavy atom. The zero-order valence-corrected chi connectivity index (χ0v) is 8.65. The Labute approximate surface area is 82.3 Å². The fourth-order valence-corrected chi connectivity index (χ4v) is 0.461. The Morgan fingerprint density at radius 2 is 1.25 bits per heavy atom. The molecule has 0 heterocycles. The highest BCUT2D eigenvalue weighted by Crippen LogP contribution is 1.92. The van der Waals surface area contributed by atoms with Crippen molar-refractivity contribution in [3.63, 3.8) is 0 Å². The summed E-state index contributed by atoms with van der Waals surface area (Å²) in [7, 11) is 0. The smallest absolute Gasteiger partial charge is 0.250 e. The van der Waals surface area contributed by atoms with Gasteiger partial charge in [-0.1, -0.05) is 0 Å². The molecule has 2 amide bonds. The number of carbonyl (C=O) groups is 2. The van der Waals surface area contributed by atoms with Gasteiger partial charge < -0.3 is 0 Å². The molecule has 0 fully saturated rings. The van der Waals surface area contributed by atoms with Gasteiger partial charge in [-0.15, -0.1) is 0 Å². The molecule has 0 saturated carbocycles. The summed E-state index contributed by atoms with van der Waals surface area (Å²) in [6.07, 6.45) is 0. The topological polar surface area (TPSA) is 58.2 Å². The Balaban J connectivity index is 3.69. The van der Waals surface area contributed by atoms with Crippen LogP contribution in [0.4, 0.5) is 0 Å².